The summed E-state index contributed by atoms with van der Waals surface area (Å²) in [7, 11) is 3.24. The molecule has 0 atom stereocenters. The first kappa shape index (κ1) is 15.3. The zero-order chi connectivity index (χ0) is 14.0. The number of ether oxygens (including phenoxy) is 1. The van der Waals surface area contributed by atoms with Crippen molar-refractivity contribution in [3.05, 3.63) is 29.3 Å². The van der Waals surface area contributed by atoms with Crippen LogP contribution in [0, 0.1) is 5.41 Å². The van der Waals surface area contributed by atoms with Crippen molar-refractivity contribution >= 4 is 19.7 Å². The van der Waals surface area contributed by atoms with Crippen molar-refractivity contribution in [2.24, 2.45) is 5.41 Å². The minimum Gasteiger partial charge on any atom is -0.496 e. The number of hydrogen-bond donors (Lipinski definition) is 0. The lowest BCUT2D eigenvalue weighted by atomic mass is 9.88. The SMILES string of the molecule is COc1ccc(CC(C)(C)C)cc1CS(=O)(=O)Cl. The Hall–Kier alpha value is -0.740. The topological polar surface area (TPSA) is 43.4 Å². The van der Waals surface area contributed by atoms with Crippen LogP contribution in [-0.4, -0.2) is 15.5 Å². The van der Waals surface area contributed by atoms with Gasteiger partial charge in [-0.15, -0.1) is 0 Å². The van der Waals surface area contributed by atoms with Crippen LogP contribution in [0.4, 0.5) is 0 Å². The van der Waals surface area contributed by atoms with Gasteiger partial charge in [0.15, 0.2) is 0 Å². The molecule has 0 saturated heterocycles. The maximum Gasteiger partial charge on any atom is 0.236 e. The molecule has 18 heavy (non-hydrogen) atoms. The van der Waals surface area contributed by atoms with E-state index in [0.29, 0.717) is 11.3 Å². The van der Waals surface area contributed by atoms with Crippen LogP contribution in [0.3, 0.4) is 0 Å². The third-order valence-corrected chi connectivity index (χ3v) is 3.39. The summed E-state index contributed by atoms with van der Waals surface area (Å²) >= 11 is 0. The summed E-state index contributed by atoms with van der Waals surface area (Å²) in [5.74, 6) is 0.340. The standard InChI is InChI=1S/C13H19ClO3S/c1-13(2,3)8-10-5-6-12(17-4)11(7-10)9-18(14,15)16/h5-7H,8-9H2,1-4H3. The summed E-state index contributed by atoms with van der Waals surface area (Å²) in [6.45, 7) is 6.40. The van der Waals surface area contributed by atoms with Crippen LogP contribution in [0.15, 0.2) is 18.2 Å². The molecule has 102 valence electrons. The van der Waals surface area contributed by atoms with Crippen LogP contribution in [-0.2, 0) is 21.2 Å². The van der Waals surface area contributed by atoms with Crippen LogP contribution < -0.4 is 4.74 Å². The van der Waals surface area contributed by atoms with Gasteiger partial charge in [-0.25, -0.2) is 8.42 Å². The summed E-state index contributed by atoms with van der Waals surface area (Å²) in [5, 5.41) is 0. The minimum absolute atomic E-state index is 0.145. The lowest BCUT2D eigenvalue weighted by Crippen LogP contribution is -2.10. The molecule has 1 aromatic rings. The Labute approximate surface area is 114 Å². The second-order valence-corrected chi connectivity index (χ2v) is 8.34. The van der Waals surface area contributed by atoms with Gasteiger partial charge in [-0.3, -0.25) is 0 Å². The van der Waals surface area contributed by atoms with Gasteiger partial charge in [0.05, 0.1) is 12.9 Å². The first-order chi connectivity index (χ1) is 8.11. The van der Waals surface area contributed by atoms with E-state index in [9.17, 15) is 8.42 Å². The molecule has 1 rings (SSSR count). The molecule has 0 saturated carbocycles. The Balaban J connectivity index is 3.10. The number of methoxy groups -OCH3 is 1. The van der Waals surface area contributed by atoms with Crippen LogP contribution >= 0.6 is 10.7 Å². The van der Waals surface area contributed by atoms with Crippen LogP contribution in [0.2, 0.25) is 0 Å². The molecule has 0 amide bonds. The predicted molar refractivity (Wildman–Crippen MR) is 74.6 cm³/mol. The van der Waals surface area contributed by atoms with Crippen LogP contribution in [0.1, 0.15) is 31.9 Å². The number of hydrogen-bond acceptors (Lipinski definition) is 3. The first-order valence-electron chi connectivity index (χ1n) is 5.69. The van der Waals surface area contributed by atoms with E-state index < -0.39 is 9.05 Å². The molecule has 0 radical (unpaired) electrons. The lowest BCUT2D eigenvalue weighted by Gasteiger charge is -2.19. The van der Waals surface area contributed by atoms with E-state index in [0.717, 1.165) is 12.0 Å². The van der Waals surface area contributed by atoms with E-state index in [1.807, 2.05) is 12.1 Å². The van der Waals surface area contributed by atoms with Crippen molar-refractivity contribution in [3.8, 4) is 5.75 Å². The molecule has 0 unspecified atom stereocenters. The summed E-state index contributed by atoms with van der Waals surface area (Å²) in [6, 6.07) is 5.59. The lowest BCUT2D eigenvalue weighted by molar-refractivity contribution is 0.404. The van der Waals surface area contributed by atoms with Gasteiger partial charge in [0, 0.05) is 16.2 Å². The molecule has 0 fully saturated rings. The molecular weight excluding hydrogens is 272 g/mol. The molecular formula is C13H19ClO3S. The fourth-order valence-electron chi connectivity index (χ4n) is 1.85. The highest BCUT2D eigenvalue weighted by molar-refractivity contribution is 8.13. The Kier molecular flexibility index (Phi) is 4.67. The molecule has 0 heterocycles. The van der Waals surface area contributed by atoms with E-state index in [-0.39, 0.29) is 11.2 Å². The summed E-state index contributed by atoms with van der Waals surface area (Å²) < 4.78 is 27.5. The minimum atomic E-state index is -3.58. The molecule has 0 aromatic heterocycles. The smallest absolute Gasteiger partial charge is 0.236 e. The largest absolute Gasteiger partial charge is 0.496 e. The fourth-order valence-corrected chi connectivity index (χ4v) is 2.80. The van der Waals surface area contributed by atoms with Crippen molar-refractivity contribution in [2.75, 3.05) is 7.11 Å². The van der Waals surface area contributed by atoms with Crippen molar-refractivity contribution < 1.29 is 13.2 Å². The Morgan fingerprint density at radius 2 is 1.89 bits per heavy atom. The second-order valence-electron chi connectivity index (χ2n) is 5.57. The molecule has 0 spiro atoms. The summed E-state index contributed by atoms with van der Waals surface area (Å²) in [4.78, 5) is 0. The molecule has 3 nitrogen and oxygen atoms in total. The molecule has 0 aliphatic rings. The van der Waals surface area contributed by atoms with E-state index in [1.54, 1.807) is 6.07 Å². The normalized spacial score (nSPS) is 12.5. The van der Waals surface area contributed by atoms with Crippen LogP contribution in [0.25, 0.3) is 0 Å². The van der Waals surface area contributed by atoms with Crippen LogP contribution in [0.5, 0.6) is 5.75 Å². The monoisotopic (exact) mass is 290 g/mol. The maximum atomic E-state index is 11.2. The first-order valence-corrected chi connectivity index (χ1v) is 8.17. The Bertz CT molecular complexity index is 516. The quantitative estimate of drug-likeness (QED) is 0.799. The fraction of sp³-hybridized carbons (Fsp3) is 0.538. The Morgan fingerprint density at radius 1 is 1.28 bits per heavy atom. The molecule has 0 aliphatic carbocycles. The van der Waals surface area contributed by atoms with Gasteiger partial charge in [0.2, 0.25) is 9.05 Å². The third kappa shape index (κ3) is 5.27. The van der Waals surface area contributed by atoms with E-state index in [4.69, 9.17) is 15.4 Å². The van der Waals surface area contributed by atoms with Gasteiger partial charge in [0.25, 0.3) is 0 Å². The second kappa shape index (κ2) is 5.49. The molecule has 0 aliphatic heterocycles. The van der Waals surface area contributed by atoms with Gasteiger partial charge >= 0.3 is 0 Å². The van der Waals surface area contributed by atoms with Gasteiger partial charge in [0.1, 0.15) is 5.75 Å². The highest BCUT2D eigenvalue weighted by atomic mass is 35.7. The van der Waals surface area contributed by atoms with E-state index in [2.05, 4.69) is 20.8 Å². The van der Waals surface area contributed by atoms with Gasteiger partial charge < -0.3 is 4.74 Å². The molecule has 5 heteroatoms. The number of benzene rings is 1. The molecule has 0 N–H and O–H groups in total. The van der Waals surface area contributed by atoms with Gasteiger partial charge in [-0.2, -0.15) is 0 Å². The average Bonchev–Trinajstić information content (AvgIpc) is 2.12. The zero-order valence-electron chi connectivity index (χ0n) is 11.2. The summed E-state index contributed by atoms with van der Waals surface area (Å²) in [5.41, 5.74) is 1.83. The third-order valence-electron chi connectivity index (χ3n) is 2.41. The van der Waals surface area contributed by atoms with Crippen molar-refractivity contribution in [1.82, 2.24) is 0 Å². The van der Waals surface area contributed by atoms with Crippen molar-refractivity contribution in [3.63, 3.8) is 0 Å². The zero-order valence-corrected chi connectivity index (χ0v) is 12.7. The van der Waals surface area contributed by atoms with E-state index >= 15 is 0 Å². The number of halogens is 1. The average molecular weight is 291 g/mol. The van der Waals surface area contributed by atoms with Gasteiger partial charge in [-0.1, -0.05) is 32.9 Å². The molecule has 1 aromatic carbocycles. The summed E-state index contributed by atoms with van der Waals surface area (Å²) in [6.07, 6.45) is 0.867. The Morgan fingerprint density at radius 3 is 2.33 bits per heavy atom. The highest BCUT2D eigenvalue weighted by Crippen LogP contribution is 2.27. The highest BCUT2D eigenvalue weighted by Gasteiger charge is 2.16. The number of rotatable bonds is 4. The van der Waals surface area contributed by atoms with Crippen molar-refractivity contribution in [1.29, 1.82) is 0 Å². The van der Waals surface area contributed by atoms with E-state index in [1.165, 1.54) is 7.11 Å². The van der Waals surface area contributed by atoms with Gasteiger partial charge in [-0.05, 0) is 23.5 Å². The van der Waals surface area contributed by atoms with Crippen molar-refractivity contribution in [2.45, 2.75) is 32.9 Å². The maximum absolute atomic E-state index is 11.2. The predicted octanol–water partition coefficient (Wildman–Crippen LogP) is 3.35. The molecule has 0 bridgehead atoms.